The number of H-pyrrole nitrogens is 1. The van der Waals surface area contributed by atoms with Crippen molar-refractivity contribution in [2.75, 3.05) is 45.1 Å². The summed E-state index contributed by atoms with van der Waals surface area (Å²) in [5.41, 5.74) is 4.33. The summed E-state index contributed by atoms with van der Waals surface area (Å²) in [6.45, 7) is 0.629. The molecule has 0 unspecified atom stereocenters. The maximum absolute atomic E-state index is 13.6. The Labute approximate surface area is 185 Å². The highest BCUT2D eigenvalue weighted by Gasteiger charge is 2.29. The first-order valence-corrected chi connectivity index (χ1v) is 10.5. The van der Waals surface area contributed by atoms with Crippen LogP contribution in [0.5, 0.6) is 17.2 Å². The summed E-state index contributed by atoms with van der Waals surface area (Å²) in [6.07, 6.45) is 0.816. The summed E-state index contributed by atoms with van der Waals surface area (Å²) in [6, 6.07) is 14.0. The molecule has 7 heteroatoms. The van der Waals surface area contributed by atoms with E-state index in [4.69, 9.17) is 14.2 Å². The average molecular weight is 431 g/mol. The first-order valence-electron chi connectivity index (χ1n) is 10.5. The number of hydrogen-bond acceptors (Lipinski definition) is 5. The lowest BCUT2D eigenvalue weighted by molar-refractivity contribution is 0.0985. The first-order chi connectivity index (χ1) is 15.6. The zero-order valence-electron chi connectivity index (χ0n) is 18.5. The van der Waals surface area contributed by atoms with Gasteiger partial charge in [0.05, 0.1) is 26.8 Å². The maximum atomic E-state index is 13.6. The number of rotatable bonds is 5. The van der Waals surface area contributed by atoms with Crippen LogP contribution in [0.4, 0.5) is 11.4 Å². The number of methoxy groups -OCH3 is 3. The Morgan fingerprint density at radius 2 is 1.75 bits per heavy atom. The van der Waals surface area contributed by atoms with Gasteiger partial charge in [0.15, 0.2) is 11.5 Å². The van der Waals surface area contributed by atoms with Gasteiger partial charge in [-0.2, -0.15) is 0 Å². The second kappa shape index (κ2) is 7.67. The molecule has 1 aliphatic heterocycles. The van der Waals surface area contributed by atoms with E-state index in [1.54, 1.807) is 21.3 Å². The molecule has 0 radical (unpaired) electrons. The Morgan fingerprint density at radius 3 is 2.44 bits per heavy atom. The second-order valence-electron chi connectivity index (χ2n) is 7.72. The van der Waals surface area contributed by atoms with Gasteiger partial charge in [0.2, 0.25) is 5.75 Å². The molecule has 3 aromatic carbocycles. The number of nitrogens with zero attached hydrogens (tertiary/aromatic N) is 1. The van der Waals surface area contributed by atoms with Gasteiger partial charge in [-0.3, -0.25) is 4.79 Å². The molecule has 164 valence electrons. The number of aromatic nitrogens is 1. The number of amides is 1. The van der Waals surface area contributed by atoms with Crippen LogP contribution in [0.25, 0.3) is 21.7 Å². The Kier molecular flexibility index (Phi) is 4.81. The lowest BCUT2D eigenvalue weighted by Gasteiger charge is -2.19. The van der Waals surface area contributed by atoms with E-state index in [0.29, 0.717) is 35.0 Å². The van der Waals surface area contributed by atoms with Crippen molar-refractivity contribution in [1.82, 2.24) is 4.98 Å². The van der Waals surface area contributed by atoms with Gasteiger partial charge in [0.1, 0.15) is 5.69 Å². The Balaban J connectivity index is 1.62. The molecule has 0 fully saturated rings. The zero-order chi connectivity index (χ0) is 22.4. The number of fused-ring (bicyclic) bond motifs is 4. The van der Waals surface area contributed by atoms with E-state index >= 15 is 0 Å². The quantitative estimate of drug-likeness (QED) is 0.483. The summed E-state index contributed by atoms with van der Waals surface area (Å²) in [5, 5.41) is 6.43. The third-order valence-electron chi connectivity index (χ3n) is 6.17. The van der Waals surface area contributed by atoms with Gasteiger partial charge in [0, 0.05) is 35.7 Å². The fourth-order valence-corrected chi connectivity index (χ4v) is 4.69. The van der Waals surface area contributed by atoms with E-state index in [-0.39, 0.29) is 5.91 Å². The first kappa shape index (κ1) is 20.1. The fourth-order valence-electron chi connectivity index (χ4n) is 4.69. The van der Waals surface area contributed by atoms with Crippen LogP contribution in [0.3, 0.4) is 0 Å². The summed E-state index contributed by atoms with van der Waals surface area (Å²) in [5.74, 6) is 1.45. The number of nitrogens with one attached hydrogen (secondary N) is 2. The van der Waals surface area contributed by atoms with Crippen LogP contribution in [0.1, 0.15) is 16.1 Å². The minimum absolute atomic E-state index is 0.0859. The van der Waals surface area contributed by atoms with E-state index in [0.717, 1.165) is 28.6 Å². The van der Waals surface area contributed by atoms with Gasteiger partial charge in [-0.05, 0) is 35.6 Å². The standard InChI is InChI=1S/C25H25N3O4/c1-26-18-13-20-17(15-7-5-6-8-16(15)18)9-10-28(20)25(29)19-11-14-12-21(30-2)23(31-3)24(32-4)22(14)27-19/h5-8,11-13,26-27H,9-10H2,1-4H3. The van der Waals surface area contributed by atoms with Crippen molar-refractivity contribution < 1.29 is 19.0 Å². The second-order valence-corrected chi connectivity index (χ2v) is 7.72. The highest BCUT2D eigenvalue weighted by Crippen LogP contribution is 2.44. The summed E-state index contributed by atoms with van der Waals surface area (Å²) in [4.78, 5) is 18.7. The van der Waals surface area contributed by atoms with E-state index < -0.39 is 0 Å². The fraction of sp³-hybridized carbons (Fsp3) is 0.240. The summed E-state index contributed by atoms with van der Waals surface area (Å²) >= 11 is 0. The lowest BCUT2D eigenvalue weighted by Crippen LogP contribution is -2.29. The molecular weight excluding hydrogens is 406 g/mol. The third-order valence-corrected chi connectivity index (χ3v) is 6.17. The molecule has 0 aliphatic carbocycles. The van der Waals surface area contributed by atoms with Gasteiger partial charge >= 0.3 is 0 Å². The van der Waals surface area contributed by atoms with Crippen LogP contribution in [0, 0.1) is 0 Å². The predicted molar refractivity (Wildman–Crippen MR) is 127 cm³/mol. The number of aromatic amines is 1. The SMILES string of the molecule is CNc1cc2c(c3ccccc13)CCN2C(=O)c1cc2cc(OC)c(OC)c(OC)c2[nH]1. The van der Waals surface area contributed by atoms with E-state index in [1.165, 1.54) is 10.9 Å². The summed E-state index contributed by atoms with van der Waals surface area (Å²) < 4.78 is 16.5. The van der Waals surface area contributed by atoms with Crippen molar-refractivity contribution in [3.63, 3.8) is 0 Å². The topological polar surface area (TPSA) is 75.8 Å². The van der Waals surface area contributed by atoms with Crippen LogP contribution >= 0.6 is 0 Å². The molecule has 1 amide bonds. The van der Waals surface area contributed by atoms with E-state index in [1.807, 2.05) is 36.2 Å². The van der Waals surface area contributed by atoms with Crippen molar-refractivity contribution in [1.29, 1.82) is 0 Å². The van der Waals surface area contributed by atoms with Crippen LogP contribution in [-0.2, 0) is 6.42 Å². The molecule has 32 heavy (non-hydrogen) atoms. The van der Waals surface area contributed by atoms with Crippen LogP contribution in [0.2, 0.25) is 0 Å². The van der Waals surface area contributed by atoms with Crippen LogP contribution < -0.4 is 24.4 Å². The molecule has 0 atom stereocenters. The number of anilines is 2. The maximum Gasteiger partial charge on any atom is 0.274 e. The minimum atomic E-state index is -0.0859. The Hall–Kier alpha value is -3.87. The largest absolute Gasteiger partial charge is 0.493 e. The Morgan fingerprint density at radius 1 is 1.00 bits per heavy atom. The van der Waals surface area contributed by atoms with Crippen LogP contribution in [-0.4, -0.2) is 45.8 Å². The number of benzene rings is 3. The number of carbonyl (C=O) groups excluding carboxylic acids is 1. The summed E-state index contributed by atoms with van der Waals surface area (Å²) in [7, 11) is 6.61. The molecule has 2 heterocycles. The molecule has 0 bridgehead atoms. The normalized spacial score (nSPS) is 12.8. The Bertz CT molecular complexity index is 1360. The average Bonchev–Trinajstić information content (AvgIpc) is 3.46. The molecule has 7 nitrogen and oxygen atoms in total. The number of hydrogen-bond donors (Lipinski definition) is 2. The van der Waals surface area contributed by atoms with Crippen molar-refractivity contribution in [2.45, 2.75) is 6.42 Å². The van der Waals surface area contributed by atoms with Gasteiger partial charge in [-0.1, -0.05) is 24.3 Å². The smallest absolute Gasteiger partial charge is 0.274 e. The van der Waals surface area contributed by atoms with Crippen molar-refractivity contribution >= 4 is 39.0 Å². The van der Waals surface area contributed by atoms with Crippen molar-refractivity contribution in [3.05, 3.63) is 53.7 Å². The van der Waals surface area contributed by atoms with Gasteiger partial charge in [-0.15, -0.1) is 0 Å². The molecule has 1 aliphatic rings. The van der Waals surface area contributed by atoms with Gasteiger partial charge < -0.3 is 29.4 Å². The zero-order valence-corrected chi connectivity index (χ0v) is 18.5. The highest BCUT2D eigenvalue weighted by molar-refractivity contribution is 6.12. The van der Waals surface area contributed by atoms with E-state index in [2.05, 4.69) is 28.5 Å². The van der Waals surface area contributed by atoms with Crippen LogP contribution in [0.15, 0.2) is 42.5 Å². The molecule has 0 saturated carbocycles. The number of carbonyl (C=O) groups is 1. The molecule has 0 saturated heterocycles. The van der Waals surface area contributed by atoms with E-state index in [9.17, 15) is 4.79 Å². The van der Waals surface area contributed by atoms with Crippen molar-refractivity contribution in [3.8, 4) is 17.2 Å². The number of ether oxygens (including phenoxy) is 3. The highest BCUT2D eigenvalue weighted by atomic mass is 16.5. The minimum Gasteiger partial charge on any atom is -0.493 e. The predicted octanol–water partition coefficient (Wildman–Crippen LogP) is 4.59. The molecular formula is C25H25N3O4. The van der Waals surface area contributed by atoms with Gasteiger partial charge in [-0.25, -0.2) is 0 Å². The third kappa shape index (κ3) is 2.85. The van der Waals surface area contributed by atoms with Gasteiger partial charge in [0.25, 0.3) is 5.91 Å². The van der Waals surface area contributed by atoms with Crippen molar-refractivity contribution in [2.24, 2.45) is 0 Å². The molecule has 0 spiro atoms. The molecule has 5 rings (SSSR count). The molecule has 1 aromatic heterocycles. The lowest BCUT2D eigenvalue weighted by atomic mass is 10.0. The monoisotopic (exact) mass is 431 g/mol. The molecule has 4 aromatic rings. The molecule has 2 N–H and O–H groups in total.